The van der Waals surface area contributed by atoms with Gasteiger partial charge < -0.3 is 15.2 Å². The Balaban J connectivity index is 1.80. The van der Waals surface area contributed by atoms with Gasteiger partial charge >= 0.3 is 6.18 Å². The molecule has 2 aliphatic rings. The van der Waals surface area contributed by atoms with E-state index in [0.717, 1.165) is 11.0 Å². The first kappa shape index (κ1) is 13.3. The largest absolute Gasteiger partial charge is 0.451 e. The molecule has 3 rings (SSSR count). The molecule has 110 valence electrons. The van der Waals surface area contributed by atoms with Crippen molar-refractivity contribution in [1.82, 2.24) is 19.7 Å². The summed E-state index contributed by atoms with van der Waals surface area (Å²) in [5.41, 5.74) is 5.12. The van der Waals surface area contributed by atoms with Crippen LogP contribution < -0.4 is 5.73 Å². The zero-order chi connectivity index (χ0) is 14.5. The Labute approximate surface area is 112 Å². The number of nitrogens with two attached hydrogens (primary N) is 1. The summed E-state index contributed by atoms with van der Waals surface area (Å²) in [6.07, 6.45) is -2.36. The molecule has 0 bridgehead atoms. The molecule has 1 aliphatic carbocycles. The van der Waals surface area contributed by atoms with Crippen molar-refractivity contribution < 1.29 is 18.0 Å². The van der Waals surface area contributed by atoms with Crippen LogP contribution in [0.5, 0.6) is 0 Å². The molecule has 9 heteroatoms. The predicted molar refractivity (Wildman–Crippen MR) is 61.2 cm³/mol. The van der Waals surface area contributed by atoms with Crippen molar-refractivity contribution in [2.75, 3.05) is 6.54 Å². The molecular weight excluding hydrogens is 275 g/mol. The van der Waals surface area contributed by atoms with Crippen molar-refractivity contribution in [1.29, 1.82) is 0 Å². The molecule has 20 heavy (non-hydrogen) atoms. The van der Waals surface area contributed by atoms with Crippen LogP contribution in [-0.4, -0.2) is 37.7 Å². The van der Waals surface area contributed by atoms with Crippen LogP contribution in [-0.2, 0) is 24.1 Å². The zero-order valence-electron chi connectivity index (χ0n) is 10.7. The van der Waals surface area contributed by atoms with Crippen LogP contribution in [0.3, 0.4) is 0 Å². The van der Waals surface area contributed by atoms with Crippen molar-refractivity contribution in [3.63, 3.8) is 0 Å². The molecule has 1 aromatic rings. The minimum Gasteiger partial charge on any atom is -0.332 e. The van der Waals surface area contributed by atoms with Crippen LogP contribution in [0.1, 0.15) is 30.9 Å². The summed E-state index contributed by atoms with van der Waals surface area (Å²) in [5.74, 6) is -1.06. The quantitative estimate of drug-likeness (QED) is 0.817. The average Bonchev–Trinajstić information content (AvgIpc) is 2.77. The molecular formula is C11H14F3N5O. The van der Waals surface area contributed by atoms with Crippen molar-refractivity contribution >= 4 is 5.91 Å². The number of aromatic nitrogens is 3. The molecule has 2 heterocycles. The van der Waals surface area contributed by atoms with E-state index in [2.05, 4.69) is 10.2 Å². The predicted octanol–water partition coefficient (Wildman–Crippen LogP) is 0.520. The molecule has 1 saturated carbocycles. The van der Waals surface area contributed by atoms with Gasteiger partial charge in [-0.15, -0.1) is 10.2 Å². The third-order valence-corrected chi connectivity index (χ3v) is 3.97. The van der Waals surface area contributed by atoms with Crippen LogP contribution in [0.15, 0.2) is 0 Å². The summed E-state index contributed by atoms with van der Waals surface area (Å²) >= 11 is 0. The minimum atomic E-state index is -4.53. The Hall–Kier alpha value is -1.64. The lowest BCUT2D eigenvalue weighted by Crippen LogP contribution is -2.60. The van der Waals surface area contributed by atoms with Gasteiger partial charge in [-0.05, 0) is 19.3 Å². The number of halogens is 3. The lowest BCUT2D eigenvalue weighted by Gasteiger charge is -2.41. The Morgan fingerprint density at radius 3 is 2.50 bits per heavy atom. The monoisotopic (exact) mass is 289 g/mol. The van der Waals surface area contributed by atoms with Gasteiger partial charge in [0.25, 0.3) is 0 Å². The normalized spacial score (nSPS) is 21.3. The fraction of sp³-hybridized carbons (Fsp3) is 0.727. The van der Waals surface area contributed by atoms with Gasteiger partial charge in [-0.3, -0.25) is 4.79 Å². The maximum absolute atomic E-state index is 12.7. The molecule has 0 unspecified atom stereocenters. The van der Waals surface area contributed by atoms with Crippen LogP contribution >= 0.6 is 0 Å². The second-order valence-corrected chi connectivity index (χ2v) is 5.33. The molecule has 1 aromatic heterocycles. The zero-order valence-corrected chi connectivity index (χ0v) is 10.7. The van der Waals surface area contributed by atoms with Gasteiger partial charge in [0.2, 0.25) is 11.7 Å². The van der Waals surface area contributed by atoms with E-state index in [9.17, 15) is 18.0 Å². The van der Waals surface area contributed by atoms with Crippen LogP contribution in [0, 0.1) is 0 Å². The fourth-order valence-corrected chi connectivity index (χ4v) is 2.63. The SMILES string of the molecule is NC1(C(=O)N2CCn3c(nnc3C(F)(F)F)C2)CCC1. The second-order valence-electron chi connectivity index (χ2n) is 5.33. The van der Waals surface area contributed by atoms with E-state index in [1.54, 1.807) is 0 Å². The molecule has 1 amide bonds. The number of fused-ring (bicyclic) bond motifs is 1. The van der Waals surface area contributed by atoms with Gasteiger partial charge in [-0.25, -0.2) is 0 Å². The Morgan fingerprint density at radius 2 is 1.95 bits per heavy atom. The second kappa shape index (κ2) is 4.18. The van der Waals surface area contributed by atoms with Crippen LogP contribution in [0.4, 0.5) is 13.2 Å². The Kier molecular flexibility index (Phi) is 2.79. The number of rotatable bonds is 1. The van der Waals surface area contributed by atoms with Gasteiger partial charge in [-0.1, -0.05) is 0 Å². The van der Waals surface area contributed by atoms with Gasteiger partial charge in [0.1, 0.15) is 0 Å². The smallest absolute Gasteiger partial charge is 0.332 e. The van der Waals surface area contributed by atoms with E-state index >= 15 is 0 Å². The summed E-state index contributed by atoms with van der Waals surface area (Å²) in [6.45, 7) is 0.270. The molecule has 0 atom stereocenters. The van der Waals surface area contributed by atoms with Gasteiger partial charge in [0, 0.05) is 13.1 Å². The number of alkyl halides is 3. The maximum Gasteiger partial charge on any atom is 0.451 e. The molecule has 6 nitrogen and oxygen atoms in total. The molecule has 0 radical (unpaired) electrons. The molecule has 1 fully saturated rings. The Bertz CT molecular complexity index is 549. The highest BCUT2D eigenvalue weighted by Gasteiger charge is 2.45. The molecule has 0 spiro atoms. The van der Waals surface area contributed by atoms with Crippen LogP contribution in [0.2, 0.25) is 0 Å². The first-order valence-corrected chi connectivity index (χ1v) is 6.39. The van der Waals surface area contributed by atoms with E-state index in [0.29, 0.717) is 12.8 Å². The van der Waals surface area contributed by atoms with Crippen LogP contribution in [0.25, 0.3) is 0 Å². The summed E-state index contributed by atoms with van der Waals surface area (Å²) in [6, 6.07) is 0. The number of nitrogens with zero attached hydrogens (tertiary/aromatic N) is 4. The molecule has 0 aromatic carbocycles. The van der Waals surface area contributed by atoms with Crippen molar-refractivity contribution in [3.05, 3.63) is 11.6 Å². The highest BCUT2D eigenvalue weighted by Crippen LogP contribution is 2.33. The minimum absolute atomic E-state index is 0.0286. The first-order valence-electron chi connectivity index (χ1n) is 6.39. The van der Waals surface area contributed by atoms with Gasteiger partial charge in [-0.2, -0.15) is 13.2 Å². The van der Waals surface area contributed by atoms with Gasteiger partial charge in [0.15, 0.2) is 5.82 Å². The highest BCUT2D eigenvalue weighted by molar-refractivity contribution is 5.87. The third kappa shape index (κ3) is 1.96. The number of hydrogen-bond donors (Lipinski definition) is 1. The topological polar surface area (TPSA) is 77.0 Å². The summed E-state index contributed by atoms with van der Waals surface area (Å²) < 4.78 is 39.1. The maximum atomic E-state index is 12.7. The lowest BCUT2D eigenvalue weighted by molar-refractivity contribution is -0.148. The van der Waals surface area contributed by atoms with E-state index in [4.69, 9.17) is 5.73 Å². The highest BCUT2D eigenvalue weighted by atomic mass is 19.4. The van der Waals surface area contributed by atoms with Crippen molar-refractivity contribution in [2.24, 2.45) is 5.73 Å². The Morgan fingerprint density at radius 1 is 1.25 bits per heavy atom. The number of hydrogen-bond acceptors (Lipinski definition) is 4. The average molecular weight is 289 g/mol. The number of amides is 1. The van der Waals surface area contributed by atoms with E-state index in [1.165, 1.54) is 4.90 Å². The molecule has 1 aliphatic heterocycles. The summed E-state index contributed by atoms with van der Waals surface area (Å²) in [5, 5.41) is 6.72. The summed E-state index contributed by atoms with van der Waals surface area (Å²) in [7, 11) is 0. The standard InChI is InChI=1S/C11H14F3N5O/c12-11(13,14)8-17-16-7-6-18(4-5-19(7)8)9(20)10(15)2-1-3-10/h1-6,15H2. The number of carbonyl (C=O) groups excluding carboxylic acids is 1. The van der Waals surface area contributed by atoms with Crippen molar-refractivity contribution in [3.8, 4) is 0 Å². The van der Waals surface area contributed by atoms with Crippen molar-refractivity contribution in [2.45, 2.75) is 44.1 Å². The summed E-state index contributed by atoms with van der Waals surface area (Å²) in [4.78, 5) is 13.7. The first-order chi connectivity index (χ1) is 9.31. The molecule has 0 saturated heterocycles. The number of carbonyl (C=O) groups is 1. The van der Waals surface area contributed by atoms with E-state index in [1.807, 2.05) is 0 Å². The van der Waals surface area contributed by atoms with E-state index in [-0.39, 0.29) is 31.4 Å². The third-order valence-electron chi connectivity index (χ3n) is 3.97. The van der Waals surface area contributed by atoms with E-state index < -0.39 is 17.5 Å². The lowest BCUT2D eigenvalue weighted by atomic mass is 9.76. The fourth-order valence-electron chi connectivity index (χ4n) is 2.63. The van der Waals surface area contributed by atoms with Gasteiger partial charge in [0.05, 0.1) is 12.1 Å². The molecule has 2 N–H and O–H groups in total.